The van der Waals surface area contributed by atoms with Crippen LogP contribution >= 0.6 is 27.5 Å². The van der Waals surface area contributed by atoms with Crippen molar-refractivity contribution in [3.05, 3.63) is 23.0 Å². The highest BCUT2D eigenvalue weighted by atomic mass is 79.9. The van der Waals surface area contributed by atoms with Gasteiger partial charge in [-0.2, -0.15) is 0 Å². The number of aliphatic hydroxyl groups excluding tert-OH is 2. The van der Waals surface area contributed by atoms with Gasteiger partial charge in [-0.1, -0.05) is 27.5 Å². The van der Waals surface area contributed by atoms with E-state index in [-0.39, 0.29) is 16.0 Å². The van der Waals surface area contributed by atoms with Crippen molar-refractivity contribution in [3.63, 3.8) is 0 Å². The van der Waals surface area contributed by atoms with Crippen molar-refractivity contribution < 1.29 is 10.2 Å². The second-order valence-electron chi connectivity index (χ2n) is 2.77. The lowest BCUT2D eigenvalue weighted by atomic mass is 10.1. The Hall–Kier alpha value is -0.360. The molecule has 0 aliphatic rings. The standard InChI is InChI=1S/C8H10BrClN2O2/c9-3-5(13)7(14)6-4(11)1-2-12-8(6)10/h1-2,5,7,13-14H,3H2,(H2,11,12). The average Bonchev–Trinajstić information content (AvgIpc) is 2.16. The second kappa shape index (κ2) is 4.93. The van der Waals surface area contributed by atoms with Gasteiger partial charge in [-0.3, -0.25) is 0 Å². The first-order valence-electron chi connectivity index (χ1n) is 3.90. The number of nitrogens with two attached hydrogens (primary N) is 1. The molecule has 0 spiro atoms. The third-order valence-corrected chi connectivity index (χ3v) is 2.76. The first-order chi connectivity index (χ1) is 6.57. The minimum Gasteiger partial charge on any atom is -0.398 e. The van der Waals surface area contributed by atoms with Crippen LogP contribution in [0.1, 0.15) is 11.7 Å². The Morgan fingerprint density at radius 3 is 2.71 bits per heavy atom. The van der Waals surface area contributed by atoms with Crippen molar-refractivity contribution in [3.8, 4) is 0 Å². The zero-order chi connectivity index (χ0) is 10.7. The van der Waals surface area contributed by atoms with Gasteiger partial charge < -0.3 is 15.9 Å². The molecule has 1 aromatic rings. The largest absolute Gasteiger partial charge is 0.398 e. The number of aliphatic hydroxyl groups is 2. The predicted molar refractivity (Wildman–Crippen MR) is 58.4 cm³/mol. The van der Waals surface area contributed by atoms with Crippen molar-refractivity contribution in [1.82, 2.24) is 4.98 Å². The maximum Gasteiger partial charge on any atom is 0.136 e. The first-order valence-corrected chi connectivity index (χ1v) is 5.39. The van der Waals surface area contributed by atoms with Crippen LogP contribution in [0.3, 0.4) is 0 Å². The summed E-state index contributed by atoms with van der Waals surface area (Å²) in [7, 11) is 0. The van der Waals surface area contributed by atoms with Crippen molar-refractivity contribution in [2.75, 3.05) is 11.1 Å². The summed E-state index contributed by atoms with van der Waals surface area (Å²) in [6, 6.07) is 1.52. The van der Waals surface area contributed by atoms with E-state index in [0.717, 1.165) is 0 Å². The van der Waals surface area contributed by atoms with E-state index in [9.17, 15) is 10.2 Å². The molecule has 1 aromatic heterocycles. The SMILES string of the molecule is Nc1ccnc(Cl)c1C(O)C(O)CBr. The molecule has 0 saturated carbocycles. The predicted octanol–water partition coefficient (Wildman–Crippen LogP) is 1.11. The highest BCUT2D eigenvalue weighted by Crippen LogP contribution is 2.29. The van der Waals surface area contributed by atoms with Gasteiger partial charge in [-0.25, -0.2) is 4.98 Å². The van der Waals surface area contributed by atoms with Gasteiger partial charge in [0.25, 0.3) is 0 Å². The summed E-state index contributed by atoms with van der Waals surface area (Å²) in [4.78, 5) is 3.78. The van der Waals surface area contributed by atoms with Crippen LogP contribution in [-0.4, -0.2) is 26.6 Å². The molecule has 78 valence electrons. The third-order valence-electron chi connectivity index (χ3n) is 1.79. The molecule has 0 aromatic carbocycles. The third kappa shape index (κ3) is 2.36. The second-order valence-corrected chi connectivity index (χ2v) is 3.78. The fourth-order valence-corrected chi connectivity index (χ4v) is 1.66. The van der Waals surface area contributed by atoms with Crippen LogP contribution < -0.4 is 5.73 Å². The van der Waals surface area contributed by atoms with Gasteiger partial charge in [0.05, 0.1) is 6.10 Å². The van der Waals surface area contributed by atoms with Crippen LogP contribution in [0.15, 0.2) is 12.3 Å². The van der Waals surface area contributed by atoms with E-state index in [4.69, 9.17) is 17.3 Å². The number of nitrogen functional groups attached to an aromatic ring is 1. The molecule has 1 rings (SSSR count). The van der Waals surface area contributed by atoms with E-state index in [1.807, 2.05) is 0 Å². The van der Waals surface area contributed by atoms with Crippen LogP contribution in [0.2, 0.25) is 5.15 Å². The van der Waals surface area contributed by atoms with E-state index >= 15 is 0 Å². The lowest BCUT2D eigenvalue weighted by Crippen LogP contribution is -2.21. The summed E-state index contributed by atoms with van der Waals surface area (Å²) in [6.07, 6.45) is -0.649. The molecule has 0 amide bonds. The molecular weight excluding hydrogens is 271 g/mol. The van der Waals surface area contributed by atoms with Gasteiger partial charge >= 0.3 is 0 Å². The number of aromatic nitrogens is 1. The number of alkyl halides is 1. The zero-order valence-electron chi connectivity index (χ0n) is 7.19. The molecule has 0 fully saturated rings. The number of halogens is 2. The summed E-state index contributed by atoms with van der Waals surface area (Å²) in [6.45, 7) is 0. The molecule has 6 heteroatoms. The molecular formula is C8H10BrClN2O2. The average molecular weight is 282 g/mol. The summed E-state index contributed by atoms with van der Waals surface area (Å²) in [5.41, 5.74) is 6.19. The van der Waals surface area contributed by atoms with Crippen molar-refractivity contribution in [1.29, 1.82) is 0 Å². The summed E-state index contributed by atoms with van der Waals surface area (Å²) >= 11 is 8.80. The Kier molecular flexibility index (Phi) is 4.12. The number of rotatable bonds is 3. The number of hydrogen-bond acceptors (Lipinski definition) is 4. The molecule has 0 saturated heterocycles. The minimum absolute atomic E-state index is 0.109. The van der Waals surface area contributed by atoms with E-state index in [0.29, 0.717) is 5.69 Å². The van der Waals surface area contributed by atoms with Crippen LogP contribution in [0.5, 0.6) is 0 Å². The highest BCUT2D eigenvalue weighted by molar-refractivity contribution is 9.09. The summed E-state index contributed by atoms with van der Waals surface area (Å²) in [5.74, 6) is 0. The number of hydrogen-bond donors (Lipinski definition) is 3. The van der Waals surface area contributed by atoms with Crippen LogP contribution in [-0.2, 0) is 0 Å². The molecule has 14 heavy (non-hydrogen) atoms. The number of nitrogens with zero attached hydrogens (tertiary/aromatic N) is 1. The fourth-order valence-electron chi connectivity index (χ4n) is 1.03. The van der Waals surface area contributed by atoms with Crippen LogP contribution in [0, 0.1) is 0 Å². The fraction of sp³-hybridized carbons (Fsp3) is 0.375. The Morgan fingerprint density at radius 2 is 2.21 bits per heavy atom. The molecule has 4 nitrogen and oxygen atoms in total. The normalized spacial score (nSPS) is 15.1. The van der Waals surface area contributed by atoms with Crippen molar-refractivity contribution >= 4 is 33.2 Å². The van der Waals surface area contributed by atoms with Gasteiger partial charge in [0, 0.05) is 22.8 Å². The highest BCUT2D eigenvalue weighted by Gasteiger charge is 2.22. The number of pyridine rings is 1. The first kappa shape index (κ1) is 11.7. The summed E-state index contributed by atoms with van der Waals surface area (Å²) in [5, 5.41) is 19.4. The molecule has 0 bridgehead atoms. The molecule has 4 N–H and O–H groups in total. The Balaban J connectivity index is 3.05. The van der Waals surface area contributed by atoms with Crippen molar-refractivity contribution in [2.24, 2.45) is 0 Å². The van der Waals surface area contributed by atoms with Gasteiger partial charge in [0.15, 0.2) is 0 Å². The van der Waals surface area contributed by atoms with Gasteiger partial charge in [0.1, 0.15) is 11.3 Å². The Bertz CT molecular complexity index is 304. The van der Waals surface area contributed by atoms with Gasteiger partial charge in [0.2, 0.25) is 0 Å². The van der Waals surface area contributed by atoms with Crippen LogP contribution in [0.4, 0.5) is 5.69 Å². The van der Waals surface area contributed by atoms with Gasteiger partial charge in [-0.05, 0) is 6.07 Å². The van der Waals surface area contributed by atoms with Crippen molar-refractivity contribution in [2.45, 2.75) is 12.2 Å². The monoisotopic (exact) mass is 280 g/mol. The van der Waals surface area contributed by atoms with E-state index in [2.05, 4.69) is 20.9 Å². The molecule has 0 aliphatic heterocycles. The molecule has 2 atom stereocenters. The smallest absolute Gasteiger partial charge is 0.136 e. The van der Waals surface area contributed by atoms with Gasteiger partial charge in [-0.15, -0.1) is 0 Å². The molecule has 1 heterocycles. The number of anilines is 1. The maximum atomic E-state index is 9.67. The summed E-state index contributed by atoms with van der Waals surface area (Å²) < 4.78 is 0. The molecule has 2 unspecified atom stereocenters. The molecule has 0 radical (unpaired) electrons. The van der Waals surface area contributed by atoms with Crippen LogP contribution in [0.25, 0.3) is 0 Å². The Labute approximate surface area is 94.8 Å². The minimum atomic E-state index is -1.13. The lowest BCUT2D eigenvalue weighted by molar-refractivity contribution is 0.0346. The Morgan fingerprint density at radius 1 is 1.57 bits per heavy atom. The van der Waals surface area contributed by atoms with E-state index in [1.54, 1.807) is 0 Å². The van der Waals surface area contributed by atoms with E-state index < -0.39 is 12.2 Å². The molecule has 0 aliphatic carbocycles. The zero-order valence-corrected chi connectivity index (χ0v) is 9.53. The lowest BCUT2D eigenvalue weighted by Gasteiger charge is -2.18. The topological polar surface area (TPSA) is 79.4 Å². The van der Waals surface area contributed by atoms with E-state index in [1.165, 1.54) is 12.3 Å². The quantitative estimate of drug-likeness (QED) is 0.573. The maximum absolute atomic E-state index is 9.67.